The van der Waals surface area contributed by atoms with Crippen molar-refractivity contribution >= 4 is 11.9 Å². The highest BCUT2D eigenvalue weighted by atomic mass is 16.5. The Morgan fingerprint density at radius 3 is 2.60 bits per heavy atom. The first-order valence-corrected chi connectivity index (χ1v) is 9.28. The molecule has 0 spiro atoms. The van der Waals surface area contributed by atoms with E-state index >= 15 is 0 Å². The predicted octanol–water partition coefficient (Wildman–Crippen LogP) is 2.59. The van der Waals surface area contributed by atoms with E-state index in [1.807, 2.05) is 36.1 Å². The van der Waals surface area contributed by atoms with Crippen LogP contribution >= 0.6 is 0 Å². The fourth-order valence-corrected chi connectivity index (χ4v) is 4.08. The normalized spacial score (nSPS) is 22.2. The van der Waals surface area contributed by atoms with Crippen LogP contribution < -0.4 is 5.32 Å². The smallest absolute Gasteiger partial charge is 0.327 e. The van der Waals surface area contributed by atoms with Crippen LogP contribution in [0.1, 0.15) is 49.3 Å². The Kier molecular flexibility index (Phi) is 5.74. The Bertz CT molecular complexity index is 625. The number of aryl methyl sites for hydroxylation is 1. The molecule has 2 atom stereocenters. The van der Waals surface area contributed by atoms with Gasteiger partial charge in [0.25, 0.3) is 0 Å². The van der Waals surface area contributed by atoms with E-state index < -0.39 is 6.04 Å². The zero-order valence-electron chi connectivity index (χ0n) is 15.2. The average molecular weight is 344 g/mol. The van der Waals surface area contributed by atoms with Crippen LogP contribution in [0.3, 0.4) is 0 Å². The van der Waals surface area contributed by atoms with Gasteiger partial charge in [0.05, 0.1) is 7.11 Å². The van der Waals surface area contributed by atoms with Gasteiger partial charge in [0.2, 0.25) is 5.91 Å². The molecular formula is C20H28N2O3. The van der Waals surface area contributed by atoms with Crippen LogP contribution in [0, 0.1) is 12.8 Å². The second-order valence-corrected chi connectivity index (χ2v) is 7.23. The van der Waals surface area contributed by atoms with Gasteiger partial charge in [0.1, 0.15) is 6.04 Å². The third-order valence-electron chi connectivity index (χ3n) is 5.54. The van der Waals surface area contributed by atoms with Gasteiger partial charge in [-0.15, -0.1) is 0 Å². The molecule has 136 valence electrons. The van der Waals surface area contributed by atoms with E-state index in [0.29, 0.717) is 12.5 Å². The molecule has 0 radical (unpaired) electrons. The summed E-state index contributed by atoms with van der Waals surface area (Å²) >= 11 is 0. The van der Waals surface area contributed by atoms with Crippen LogP contribution in [0.4, 0.5) is 0 Å². The first-order chi connectivity index (χ1) is 12.1. The molecule has 1 amide bonds. The summed E-state index contributed by atoms with van der Waals surface area (Å²) in [4.78, 5) is 26.9. The minimum atomic E-state index is -0.488. The van der Waals surface area contributed by atoms with Crippen molar-refractivity contribution in [2.75, 3.05) is 20.2 Å². The van der Waals surface area contributed by atoms with Gasteiger partial charge in [-0.05, 0) is 37.3 Å². The summed E-state index contributed by atoms with van der Waals surface area (Å²) in [5.74, 6) is 0.230. The summed E-state index contributed by atoms with van der Waals surface area (Å²) in [6, 6.07) is 7.49. The monoisotopic (exact) mass is 344 g/mol. The van der Waals surface area contributed by atoms with Crippen molar-refractivity contribution in [1.29, 1.82) is 0 Å². The lowest BCUT2D eigenvalue weighted by molar-refractivity contribution is -0.143. The van der Waals surface area contributed by atoms with Crippen molar-refractivity contribution in [1.82, 2.24) is 10.2 Å². The van der Waals surface area contributed by atoms with Crippen molar-refractivity contribution in [3.05, 3.63) is 35.4 Å². The topological polar surface area (TPSA) is 58.6 Å². The van der Waals surface area contributed by atoms with Gasteiger partial charge in [0.15, 0.2) is 0 Å². The molecule has 0 aromatic heterocycles. The maximum atomic E-state index is 12.6. The summed E-state index contributed by atoms with van der Waals surface area (Å²) in [6.45, 7) is 3.45. The zero-order valence-corrected chi connectivity index (χ0v) is 15.2. The lowest BCUT2D eigenvalue weighted by Gasteiger charge is -2.24. The largest absolute Gasteiger partial charge is 0.468 e. The molecule has 2 fully saturated rings. The molecule has 1 aliphatic heterocycles. The highest BCUT2D eigenvalue weighted by Gasteiger charge is 2.34. The summed E-state index contributed by atoms with van der Waals surface area (Å²) in [6.07, 6.45) is 5.27. The predicted molar refractivity (Wildman–Crippen MR) is 96.0 cm³/mol. The quantitative estimate of drug-likeness (QED) is 0.834. The molecule has 0 bridgehead atoms. The van der Waals surface area contributed by atoms with Crippen molar-refractivity contribution in [3.8, 4) is 0 Å². The van der Waals surface area contributed by atoms with Crippen molar-refractivity contribution < 1.29 is 14.3 Å². The molecule has 1 saturated heterocycles. The number of methoxy groups -OCH3 is 1. The molecule has 1 N–H and O–H groups in total. The number of nitrogens with zero attached hydrogens (tertiary/aromatic N) is 1. The second-order valence-electron chi connectivity index (χ2n) is 7.23. The number of nitrogens with one attached hydrogen (secondary N) is 1. The van der Waals surface area contributed by atoms with E-state index in [0.717, 1.165) is 36.9 Å². The van der Waals surface area contributed by atoms with Gasteiger partial charge in [-0.3, -0.25) is 10.1 Å². The van der Waals surface area contributed by atoms with Gasteiger partial charge in [-0.2, -0.15) is 0 Å². The molecule has 1 aromatic carbocycles. The standard InChI is InChI=1S/C20H28N2O3/c1-14-7-3-6-10-17(14)18(20(24)25-2)21-16-11-12-22(13-16)19(23)15-8-4-5-9-15/h3,6-7,10,15-16,18,21H,4-5,8-9,11-13H2,1-2H3/t16-,18+/m1/s1. The Morgan fingerprint density at radius 2 is 1.92 bits per heavy atom. The van der Waals surface area contributed by atoms with E-state index in [2.05, 4.69) is 5.32 Å². The van der Waals surface area contributed by atoms with Crippen LogP contribution in [0.5, 0.6) is 0 Å². The lowest BCUT2D eigenvalue weighted by atomic mass is 10.0. The molecule has 3 rings (SSSR count). The molecule has 5 nitrogen and oxygen atoms in total. The Labute approximate surface area is 149 Å². The van der Waals surface area contributed by atoms with E-state index in [9.17, 15) is 9.59 Å². The number of hydrogen-bond acceptors (Lipinski definition) is 4. The fourth-order valence-electron chi connectivity index (χ4n) is 4.08. The number of ether oxygens (including phenoxy) is 1. The fraction of sp³-hybridized carbons (Fsp3) is 0.600. The molecule has 1 aromatic rings. The molecule has 25 heavy (non-hydrogen) atoms. The Morgan fingerprint density at radius 1 is 1.20 bits per heavy atom. The highest BCUT2D eigenvalue weighted by molar-refractivity contribution is 5.80. The molecule has 0 unspecified atom stereocenters. The minimum Gasteiger partial charge on any atom is -0.468 e. The molecule has 1 heterocycles. The van der Waals surface area contributed by atoms with Crippen LogP contribution in [0.2, 0.25) is 0 Å². The molecule has 2 aliphatic rings. The summed E-state index contributed by atoms with van der Waals surface area (Å²) in [5, 5.41) is 3.43. The van der Waals surface area contributed by atoms with E-state index in [1.165, 1.54) is 20.0 Å². The molecule has 1 aliphatic carbocycles. The van der Waals surface area contributed by atoms with Gasteiger partial charge in [0, 0.05) is 25.0 Å². The van der Waals surface area contributed by atoms with Gasteiger partial charge < -0.3 is 9.64 Å². The van der Waals surface area contributed by atoms with Crippen LogP contribution in [-0.4, -0.2) is 43.0 Å². The third kappa shape index (κ3) is 4.03. The van der Waals surface area contributed by atoms with Gasteiger partial charge >= 0.3 is 5.97 Å². The zero-order chi connectivity index (χ0) is 17.8. The SMILES string of the molecule is COC(=O)[C@@H](N[C@@H]1CCN(C(=O)C2CCCC2)C1)c1ccccc1C. The first-order valence-electron chi connectivity index (χ1n) is 9.28. The van der Waals surface area contributed by atoms with Crippen LogP contribution in [0.15, 0.2) is 24.3 Å². The maximum absolute atomic E-state index is 12.6. The number of carbonyl (C=O) groups excluding carboxylic acids is 2. The Balaban J connectivity index is 1.66. The first kappa shape index (κ1) is 17.9. The summed E-state index contributed by atoms with van der Waals surface area (Å²) in [5.41, 5.74) is 2.00. The van der Waals surface area contributed by atoms with Gasteiger partial charge in [-0.25, -0.2) is 4.79 Å². The van der Waals surface area contributed by atoms with Crippen molar-refractivity contribution in [2.45, 2.75) is 51.1 Å². The van der Waals surface area contributed by atoms with E-state index in [1.54, 1.807) is 0 Å². The lowest BCUT2D eigenvalue weighted by Crippen LogP contribution is -2.41. The number of hydrogen-bond donors (Lipinski definition) is 1. The number of likely N-dealkylation sites (tertiary alicyclic amines) is 1. The number of carbonyl (C=O) groups is 2. The molecular weight excluding hydrogens is 316 g/mol. The summed E-state index contributed by atoms with van der Waals surface area (Å²) < 4.78 is 5.01. The van der Waals surface area contributed by atoms with Crippen LogP contribution in [0.25, 0.3) is 0 Å². The van der Waals surface area contributed by atoms with Crippen molar-refractivity contribution in [3.63, 3.8) is 0 Å². The highest BCUT2D eigenvalue weighted by Crippen LogP contribution is 2.28. The van der Waals surface area contributed by atoms with Crippen LogP contribution in [-0.2, 0) is 14.3 Å². The number of esters is 1. The molecule has 5 heteroatoms. The summed E-state index contributed by atoms with van der Waals surface area (Å²) in [7, 11) is 1.42. The van der Waals surface area contributed by atoms with Crippen molar-refractivity contribution in [2.24, 2.45) is 5.92 Å². The van der Waals surface area contributed by atoms with Gasteiger partial charge in [-0.1, -0.05) is 37.1 Å². The van der Waals surface area contributed by atoms with E-state index in [4.69, 9.17) is 4.74 Å². The number of rotatable bonds is 5. The number of benzene rings is 1. The van der Waals surface area contributed by atoms with E-state index in [-0.39, 0.29) is 17.9 Å². The Hall–Kier alpha value is -1.88. The minimum absolute atomic E-state index is 0.119. The molecule has 1 saturated carbocycles. The second kappa shape index (κ2) is 8.00. The third-order valence-corrected chi connectivity index (χ3v) is 5.54. The number of amides is 1. The maximum Gasteiger partial charge on any atom is 0.327 e. The average Bonchev–Trinajstić information content (AvgIpc) is 3.31.